The van der Waals surface area contributed by atoms with Crippen molar-refractivity contribution in [3.63, 3.8) is 0 Å². The zero-order valence-corrected chi connectivity index (χ0v) is 25.9. The Kier molecular flexibility index (Phi) is 25.4. The molecular formula is C26H54NO6PS2. The van der Waals surface area contributed by atoms with E-state index in [0.29, 0.717) is 11.5 Å². The van der Waals surface area contributed by atoms with Crippen molar-refractivity contribution in [3.8, 4) is 0 Å². The second-order valence-electron chi connectivity index (χ2n) is 9.46. The molecule has 0 saturated carbocycles. The Balaban J connectivity index is 3.45. The van der Waals surface area contributed by atoms with Crippen molar-refractivity contribution in [1.82, 2.24) is 5.06 Å². The van der Waals surface area contributed by atoms with E-state index >= 15 is 0 Å². The maximum atomic E-state index is 12.0. The van der Waals surface area contributed by atoms with Gasteiger partial charge in [-0.1, -0.05) is 112 Å². The molecule has 1 amide bonds. The topological polar surface area (TPSA) is 85.3 Å². The van der Waals surface area contributed by atoms with Crippen LogP contribution < -0.4 is 0 Å². The van der Waals surface area contributed by atoms with Gasteiger partial charge in [0.2, 0.25) is 0 Å². The summed E-state index contributed by atoms with van der Waals surface area (Å²) in [4.78, 5) is 21.6. The summed E-state index contributed by atoms with van der Waals surface area (Å²) in [6.07, 6.45) is 19.8. The lowest BCUT2D eigenvalue weighted by molar-refractivity contribution is -0.0753. The number of carbonyl (C=O) groups excluding carboxylic acids is 1. The van der Waals surface area contributed by atoms with E-state index in [1.54, 1.807) is 20.8 Å². The van der Waals surface area contributed by atoms with E-state index in [0.717, 1.165) is 12.2 Å². The molecule has 36 heavy (non-hydrogen) atoms. The molecule has 0 rings (SSSR count). The highest BCUT2D eigenvalue weighted by atomic mass is 33.1. The van der Waals surface area contributed by atoms with Crippen molar-refractivity contribution in [2.45, 2.75) is 137 Å². The summed E-state index contributed by atoms with van der Waals surface area (Å²) in [7, 11) is -0.586. The minimum absolute atomic E-state index is 0.0760. The monoisotopic (exact) mass is 571 g/mol. The van der Waals surface area contributed by atoms with E-state index in [9.17, 15) is 14.3 Å². The minimum Gasteiger partial charge on any atom is -0.445 e. The van der Waals surface area contributed by atoms with Crippen LogP contribution >= 0.6 is 29.4 Å². The first-order valence-corrected chi connectivity index (χ1v) is 18.2. The molecule has 10 heteroatoms. The highest BCUT2D eigenvalue weighted by Crippen LogP contribution is 2.44. The summed E-state index contributed by atoms with van der Waals surface area (Å²) >= 11 is 0. The number of unbranched alkanes of at least 4 members (excludes halogenated alkanes) is 14. The zero-order valence-electron chi connectivity index (χ0n) is 23.4. The molecule has 1 atom stereocenters. The molecule has 0 aromatic rings. The lowest BCUT2D eigenvalue weighted by atomic mass is 10.0. The summed E-state index contributed by atoms with van der Waals surface area (Å²) in [5.41, 5.74) is 0. The molecule has 0 heterocycles. The van der Waals surface area contributed by atoms with Gasteiger partial charge in [0, 0.05) is 18.1 Å². The highest BCUT2D eigenvalue weighted by molar-refractivity contribution is 8.76. The minimum atomic E-state index is -4.34. The molecule has 0 fully saturated rings. The van der Waals surface area contributed by atoms with E-state index in [2.05, 4.69) is 6.92 Å². The first-order chi connectivity index (χ1) is 17.3. The number of hydroxylamine groups is 2. The average molecular weight is 572 g/mol. The number of nitrogens with zero attached hydrogens (tertiary/aromatic N) is 1. The van der Waals surface area contributed by atoms with Crippen LogP contribution in [0.1, 0.15) is 130 Å². The highest BCUT2D eigenvalue weighted by Gasteiger charge is 2.29. The van der Waals surface area contributed by atoms with Crippen LogP contribution in [-0.2, 0) is 18.5 Å². The molecule has 1 N–H and O–H groups in total. The van der Waals surface area contributed by atoms with Crippen LogP contribution in [-0.4, -0.2) is 46.8 Å². The summed E-state index contributed by atoms with van der Waals surface area (Å²) in [6, 6.07) is 0. The van der Waals surface area contributed by atoms with Crippen LogP contribution in [0.5, 0.6) is 0 Å². The van der Waals surface area contributed by atoms with Gasteiger partial charge in [-0.05, 0) is 40.0 Å². The van der Waals surface area contributed by atoms with Gasteiger partial charge in [-0.2, -0.15) is 9.69 Å². The standard InChI is InChI=1S/C26H54NO6PS2/c1-5-7-8-9-10-11-12-13-14-15-16-17-18-20-23-35-36-24-21-19-22-31-34(29,30)33-27(6-2)26(28)32-25(3)4/h25H,5-24H2,1-4H3,(H,29,30). The Hall–Kier alpha value is 0.0800. The zero-order chi connectivity index (χ0) is 26.9. The predicted octanol–water partition coefficient (Wildman–Crippen LogP) is 9.54. The molecule has 0 spiro atoms. The summed E-state index contributed by atoms with van der Waals surface area (Å²) in [5, 5.41) is 0.713. The molecule has 0 aliphatic carbocycles. The molecule has 1 unspecified atom stereocenters. The summed E-state index contributed by atoms with van der Waals surface area (Å²) < 4.78 is 26.8. The Morgan fingerprint density at radius 2 is 1.22 bits per heavy atom. The average Bonchev–Trinajstić information content (AvgIpc) is 2.83. The van der Waals surface area contributed by atoms with Crippen LogP contribution in [0.2, 0.25) is 0 Å². The normalized spacial score (nSPS) is 13.2. The van der Waals surface area contributed by atoms with Crippen LogP contribution in [0.15, 0.2) is 0 Å². The molecule has 0 aromatic carbocycles. The van der Waals surface area contributed by atoms with Gasteiger partial charge in [0.25, 0.3) is 0 Å². The Morgan fingerprint density at radius 1 is 0.778 bits per heavy atom. The fraction of sp³-hybridized carbons (Fsp3) is 0.962. The van der Waals surface area contributed by atoms with Crippen molar-refractivity contribution in [2.75, 3.05) is 24.7 Å². The lowest BCUT2D eigenvalue weighted by Gasteiger charge is -2.22. The number of carbonyl (C=O) groups is 1. The lowest BCUT2D eigenvalue weighted by Crippen LogP contribution is -2.32. The Labute approximate surface area is 229 Å². The van der Waals surface area contributed by atoms with Crippen molar-refractivity contribution >= 4 is 35.5 Å². The van der Waals surface area contributed by atoms with Crippen molar-refractivity contribution in [1.29, 1.82) is 0 Å². The van der Waals surface area contributed by atoms with Gasteiger partial charge in [0.05, 0.1) is 12.7 Å². The van der Waals surface area contributed by atoms with Gasteiger partial charge in [-0.15, -0.1) is 0 Å². The van der Waals surface area contributed by atoms with Gasteiger partial charge in [0.1, 0.15) is 0 Å². The number of phosphoric acid groups is 1. The van der Waals surface area contributed by atoms with Gasteiger partial charge in [-0.25, -0.2) is 9.36 Å². The van der Waals surface area contributed by atoms with Crippen LogP contribution in [0, 0.1) is 0 Å². The molecule has 0 radical (unpaired) electrons. The Bertz CT molecular complexity index is 557. The first kappa shape index (κ1) is 36.1. The molecule has 0 aliphatic heterocycles. The maximum absolute atomic E-state index is 12.0. The fourth-order valence-electron chi connectivity index (χ4n) is 3.55. The molecule has 216 valence electrons. The van der Waals surface area contributed by atoms with Crippen LogP contribution in [0.25, 0.3) is 0 Å². The molecular weight excluding hydrogens is 517 g/mol. The van der Waals surface area contributed by atoms with E-state index in [1.165, 1.54) is 95.6 Å². The molecule has 0 aliphatic rings. The number of hydrogen-bond acceptors (Lipinski definition) is 7. The second kappa shape index (κ2) is 25.4. The second-order valence-corrected chi connectivity index (χ2v) is 13.5. The molecule has 7 nitrogen and oxygen atoms in total. The SMILES string of the molecule is CCCCCCCCCCCCCCCCSSCCCCOP(=O)(O)ON(CC)C(=O)OC(C)C. The maximum Gasteiger partial charge on any atom is 0.494 e. The largest absolute Gasteiger partial charge is 0.494 e. The quantitative estimate of drug-likeness (QED) is 0.0475. The smallest absolute Gasteiger partial charge is 0.445 e. The molecule has 0 aromatic heterocycles. The van der Waals surface area contributed by atoms with E-state index in [1.807, 2.05) is 21.6 Å². The van der Waals surface area contributed by atoms with Gasteiger partial charge in [0.15, 0.2) is 0 Å². The van der Waals surface area contributed by atoms with E-state index in [4.69, 9.17) is 13.9 Å². The molecule has 0 saturated heterocycles. The summed E-state index contributed by atoms with van der Waals surface area (Å²) in [6.45, 7) is 7.46. The van der Waals surface area contributed by atoms with Gasteiger partial charge >= 0.3 is 13.9 Å². The number of rotatable bonds is 26. The van der Waals surface area contributed by atoms with Crippen LogP contribution in [0.4, 0.5) is 4.79 Å². The Morgan fingerprint density at radius 3 is 1.67 bits per heavy atom. The number of ether oxygens (including phenoxy) is 1. The van der Waals surface area contributed by atoms with Crippen molar-refractivity contribution in [2.24, 2.45) is 0 Å². The first-order valence-electron chi connectivity index (χ1n) is 14.2. The van der Waals surface area contributed by atoms with E-state index < -0.39 is 13.9 Å². The summed E-state index contributed by atoms with van der Waals surface area (Å²) in [5.74, 6) is 2.16. The molecule has 0 bridgehead atoms. The third kappa shape index (κ3) is 24.4. The van der Waals surface area contributed by atoms with Crippen molar-refractivity contribution in [3.05, 3.63) is 0 Å². The third-order valence-corrected chi connectivity index (χ3v) is 9.06. The number of hydrogen-bond donors (Lipinski definition) is 1. The van der Waals surface area contributed by atoms with Crippen LogP contribution in [0.3, 0.4) is 0 Å². The predicted molar refractivity (Wildman–Crippen MR) is 155 cm³/mol. The van der Waals surface area contributed by atoms with E-state index in [-0.39, 0.29) is 19.3 Å². The van der Waals surface area contributed by atoms with Gasteiger partial charge < -0.3 is 9.63 Å². The van der Waals surface area contributed by atoms with Gasteiger partial charge in [-0.3, -0.25) is 4.52 Å². The number of phosphoric ester groups is 1. The third-order valence-electron chi connectivity index (χ3n) is 5.57. The van der Waals surface area contributed by atoms with Crippen molar-refractivity contribution < 1.29 is 28.1 Å². The number of amides is 1. The fourth-order valence-corrected chi connectivity index (χ4v) is 6.68.